The molecular weight excluding hydrogens is 284 g/mol. The van der Waals surface area contributed by atoms with Crippen LogP contribution in [0.1, 0.15) is 30.9 Å². The van der Waals surface area contributed by atoms with Gasteiger partial charge >= 0.3 is 0 Å². The first-order chi connectivity index (χ1) is 11.0. The maximum absolute atomic E-state index is 4.81. The Hall–Kier alpha value is -1.55. The van der Waals surface area contributed by atoms with E-state index in [1.807, 2.05) is 28.2 Å². The first kappa shape index (κ1) is 17.8. The molecule has 0 spiro atoms. The van der Waals surface area contributed by atoms with E-state index in [2.05, 4.69) is 45.9 Å². The summed E-state index contributed by atoms with van der Waals surface area (Å²) in [6.45, 7) is 6.60. The van der Waals surface area contributed by atoms with Crippen LogP contribution in [0, 0.1) is 5.92 Å². The number of hydrogen-bond acceptors (Lipinski definition) is 2. The summed E-state index contributed by atoms with van der Waals surface area (Å²) in [5, 5.41) is 0. The lowest BCUT2D eigenvalue weighted by Gasteiger charge is -2.31. The molecule has 2 rings (SSSR count). The molecule has 1 atom stereocenters. The predicted molar refractivity (Wildman–Crippen MR) is 98.6 cm³/mol. The zero-order valence-corrected chi connectivity index (χ0v) is 15.4. The molecule has 1 heterocycles. The highest BCUT2D eigenvalue weighted by molar-refractivity contribution is 5.79. The van der Waals surface area contributed by atoms with Crippen LogP contribution in [0.5, 0.6) is 0 Å². The molecule has 4 nitrogen and oxygen atoms in total. The van der Waals surface area contributed by atoms with Gasteiger partial charge in [0.15, 0.2) is 5.96 Å². The molecule has 1 fully saturated rings. The Bertz CT molecular complexity index is 512. The van der Waals surface area contributed by atoms with Crippen molar-refractivity contribution in [2.75, 3.05) is 41.3 Å². The summed E-state index contributed by atoms with van der Waals surface area (Å²) >= 11 is 0. The standard InChI is InChI=1S/C19H32N4/c1-16-9-8-12-23(14-16)15-18-11-7-6-10-17(18)13-20-19(21(2)3)22(4)5/h6-7,10-11,16H,8-9,12-15H2,1-5H3. The molecule has 0 aliphatic carbocycles. The summed E-state index contributed by atoms with van der Waals surface area (Å²) in [4.78, 5) is 11.5. The molecule has 1 unspecified atom stereocenters. The van der Waals surface area contributed by atoms with E-state index in [0.29, 0.717) is 0 Å². The van der Waals surface area contributed by atoms with E-state index in [1.165, 1.54) is 37.1 Å². The van der Waals surface area contributed by atoms with Crippen LogP contribution in [0.15, 0.2) is 29.3 Å². The lowest BCUT2D eigenvalue weighted by Crippen LogP contribution is -2.35. The van der Waals surface area contributed by atoms with Crippen LogP contribution in [-0.2, 0) is 13.1 Å². The van der Waals surface area contributed by atoms with Crippen molar-refractivity contribution < 1.29 is 0 Å². The van der Waals surface area contributed by atoms with Gasteiger partial charge in [-0.2, -0.15) is 0 Å². The SMILES string of the molecule is CC1CCCN(Cc2ccccc2CN=C(N(C)C)N(C)C)C1. The van der Waals surface area contributed by atoms with E-state index in [1.54, 1.807) is 0 Å². The second kappa shape index (κ2) is 8.34. The second-order valence-corrected chi connectivity index (χ2v) is 7.16. The number of likely N-dealkylation sites (tertiary alicyclic amines) is 1. The zero-order valence-electron chi connectivity index (χ0n) is 15.4. The van der Waals surface area contributed by atoms with Gasteiger partial charge < -0.3 is 9.80 Å². The fraction of sp³-hybridized carbons (Fsp3) is 0.632. The van der Waals surface area contributed by atoms with Gasteiger partial charge in [-0.3, -0.25) is 4.90 Å². The molecule has 128 valence electrons. The number of hydrogen-bond donors (Lipinski definition) is 0. The molecule has 23 heavy (non-hydrogen) atoms. The molecular formula is C19H32N4. The molecule has 1 aromatic rings. The average Bonchev–Trinajstić information content (AvgIpc) is 2.48. The molecule has 1 aromatic carbocycles. The van der Waals surface area contributed by atoms with Crippen molar-refractivity contribution in [3.8, 4) is 0 Å². The molecule has 0 amide bonds. The number of rotatable bonds is 4. The van der Waals surface area contributed by atoms with Crippen molar-refractivity contribution in [2.45, 2.75) is 32.9 Å². The molecule has 1 aliphatic rings. The number of piperidine rings is 1. The Morgan fingerprint density at radius 1 is 1.13 bits per heavy atom. The van der Waals surface area contributed by atoms with E-state index in [4.69, 9.17) is 4.99 Å². The summed E-state index contributed by atoms with van der Waals surface area (Å²) in [6.07, 6.45) is 2.70. The van der Waals surface area contributed by atoms with Crippen LogP contribution in [0.25, 0.3) is 0 Å². The maximum atomic E-state index is 4.81. The fourth-order valence-electron chi connectivity index (χ4n) is 3.38. The van der Waals surface area contributed by atoms with Gasteiger partial charge in [-0.25, -0.2) is 4.99 Å². The summed E-state index contributed by atoms with van der Waals surface area (Å²) < 4.78 is 0. The normalized spacial score (nSPS) is 18.6. The third-order valence-electron chi connectivity index (χ3n) is 4.44. The number of aliphatic imine (C=N–C) groups is 1. The third kappa shape index (κ3) is 5.24. The Kier molecular flexibility index (Phi) is 6.46. The smallest absolute Gasteiger partial charge is 0.195 e. The van der Waals surface area contributed by atoms with Crippen LogP contribution in [-0.4, -0.2) is 61.9 Å². The lowest BCUT2D eigenvalue weighted by atomic mass is 9.99. The number of benzene rings is 1. The number of nitrogens with zero attached hydrogens (tertiary/aromatic N) is 4. The van der Waals surface area contributed by atoms with Crippen molar-refractivity contribution in [3.05, 3.63) is 35.4 Å². The van der Waals surface area contributed by atoms with Crippen LogP contribution in [0.2, 0.25) is 0 Å². The largest absolute Gasteiger partial charge is 0.349 e. The van der Waals surface area contributed by atoms with Crippen molar-refractivity contribution in [3.63, 3.8) is 0 Å². The molecule has 0 saturated carbocycles. The van der Waals surface area contributed by atoms with Crippen molar-refractivity contribution >= 4 is 5.96 Å². The molecule has 1 saturated heterocycles. The predicted octanol–water partition coefficient (Wildman–Crippen LogP) is 2.90. The molecule has 1 aliphatic heterocycles. The zero-order chi connectivity index (χ0) is 16.8. The Morgan fingerprint density at radius 3 is 2.39 bits per heavy atom. The van der Waals surface area contributed by atoms with Gasteiger partial charge in [-0.1, -0.05) is 31.2 Å². The highest BCUT2D eigenvalue weighted by atomic mass is 15.3. The van der Waals surface area contributed by atoms with E-state index in [-0.39, 0.29) is 0 Å². The minimum absolute atomic E-state index is 0.741. The van der Waals surface area contributed by atoms with Crippen LogP contribution < -0.4 is 0 Å². The van der Waals surface area contributed by atoms with Crippen molar-refractivity contribution in [1.29, 1.82) is 0 Å². The van der Waals surface area contributed by atoms with Gasteiger partial charge in [-0.15, -0.1) is 0 Å². The topological polar surface area (TPSA) is 22.1 Å². The summed E-state index contributed by atoms with van der Waals surface area (Å²) in [7, 11) is 8.17. The molecule has 0 bridgehead atoms. The Morgan fingerprint density at radius 2 is 1.78 bits per heavy atom. The number of guanidine groups is 1. The summed E-state index contributed by atoms with van der Waals surface area (Å²) in [5.41, 5.74) is 2.76. The highest BCUT2D eigenvalue weighted by Gasteiger charge is 2.17. The first-order valence-corrected chi connectivity index (χ1v) is 8.65. The monoisotopic (exact) mass is 316 g/mol. The summed E-state index contributed by atoms with van der Waals surface area (Å²) in [6, 6.07) is 8.75. The lowest BCUT2D eigenvalue weighted by molar-refractivity contribution is 0.176. The van der Waals surface area contributed by atoms with E-state index in [9.17, 15) is 0 Å². The third-order valence-corrected chi connectivity index (χ3v) is 4.44. The fourth-order valence-corrected chi connectivity index (χ4v) is 3.38. The Labute approximate surface area is 141 Å². The van der Waals surface area contributed by atoms with Gasteiger partial charge in [0.05, 0.1) is 6.54 Å². The highest BCUT2D eigenvalue weighted by Crippen LogP contribution is 2.20. The van der Waals surface area contributed by atoms with Crippen molar-refractivity contribution in [2.24, 2.45) is 10.9 Å². The summed E-state index contributed by atoms with van der Waals surface area (Å²) in [5.74, 6) is 1.83. The van der Waals surface area contributed by atoms with Crippen LogP contribution in [0.3, 0.4) is 0 Å². The van der Waals surface area contributed by atoms with Crippen LogP contribution in [0.4, 0.5) is 0 Å². The maximum Gasteiger partial charge on any atom is 0.195 e. The van der Waals surface area contributed by atoms with E-state index < -0.39 is 0 Å². The first-order valence-electron chi connectivity index (χ1n) is 8.65. The molecule has 0 N–H and O–H groups in total. The van der Waals surface area contributed by atoms with Gasteiger partial charge in [0.2, 0.25) is 0 Å². The second-order valence-electron chi connectivity index (χ2n) is 7.16. The van der Waals surface area contributed by atoms with Crippen LogP contribution >= 0.6 is 0 Å². The van der Waals surface area contributed by atoms with Crippen molar-refractivity contribution in [1.82, 2.24) is 14.7 Å². The van der Waals surface area contributed by atoms with Gasteiger partial charge in [0.1, 0.15) is 0 Å². The molecule has 4 heteroatoms. The van der Waals surface area contributed by atoms with Gasteiger partial charge in [0, 0.05) is 41.3 Å². The minimum Gasteiger partial charge on any atom is -0.349 e. The van der Waals surface area contributed by atoms with E-state index in [0.717, 1.165) is 25.0 Å². The minimum atomic E-state index is 0.741. The molecule has 0 aromatic heterocycles. The molecule has 0 radical (unpaired) electrons. The van der Waals surface area contributed by atoms with E-state index >= 15 is 0 Å². The quantitative estimate of drug-likeness (QED) is 0.630. The van der Waals surface area contributed by atoms with Gasteiger partial charge in [-0.05, 0) is 36.4 Å². The van der Waals surface area contributed by atoms with Gasteiger partial charge in [0.25, 0.3) is 0 Å². The Balaban J connectivity index is 2.09. The average molecular weight is 316 g/mol.